The van der Waals surface area contributed by atoms with E-state index in [4.69, 9.17) is 15.0 Å². The number of nitrogens with zero attached hydrogens (tertiary/aromatic N) is 3. The van der Waals surface area contributed by atoms with Gasteiger partial charge in [0.05, 0.1) is 16.6 Å². The predicted molar refractivity (Wildman–Crippen MR) is 152 cm³/mol. The van der Waals surface area contributed by atoms with Crippen molar-refractivity contribution < 1.29 is 0 Å². The number of aryl methyl sites for hydroxylation is 2. The molecule has 0 aliphatic carbocycles. The summed E-state index contributed by atoms with van der Waals surface area (Å²) in [5, 5.41) is 3.24. The Morgan fingerprint density at radius 2 is 1.00 bits per heavy atom. The van der Waals surface area contributed by atoms with Crippen LogP contribution in [-0.4, -0.2) is 9.97 Å². The molecule has 0 atom stereocenters. The highest BCUT2D eigenvalue weighted by atomic mass is 16.1. The van der Waals surface area contributed by atoms with Crippen molar-refractivity contribution in [3.63, 3.8) is 0 Å². The van der Waals surface area contributed by atoms with Gasteiger partial charge in [0, 0.05) is 21.5 Å². The van der Waals surface area contributed by atoms with Crippen molar-refractivity contribution in [2.75, 3.05) is 0 Å². The van der Waals surface area contributed by atoms with E-state index in [0.717, 1.165) is 38.7 Å². The van der Waals surface area contributed by atoms with Gasteiger partial charge in [-0.05, 0) is 94.5 Å². The third kappa shape index (κ3) is 3.20. The van der Waals surface area contributed by atoms with Crippen molar-refractivity contribution in [1.82, 2.24) is 9.97 Å². The standard InChI is InChI=1S/C32H27N3O2/c1-14-8-10-21-23(12-14)27-28(26(21)33-25-19(6)17(4)16(3)18(5)20(25)7)35-30-29(34-27)31(36)22-11-9-15(2)13-24(22)32(30)37/h8-13H,1-7H3. The average Bonchev–Trinajstić information content (AvgIpc) is 3.18. The number of hydrogen-bond acceptors (Lipinski definition) is 5. The van der Waals surface area contributed by atoms with Crippen molar-refractivity contribution in [2.45, 2.75) is 48.5 Å². The molecule has 37 heavy (non-hydrogen) atoms. The molecule has 0 fully saturated rings. The summed E-state index contributed by atoms with van der Waals surface area (Å²) in [6.07, 6.45) is 0. The van der Waals surface area contributed by atoms with Gasteiger partial charge in [0.15, 0.2) is 0 Å². The van der Waals surface area contributed by atoms with Crippen molar-refractivity contribution >= 4 is 49.3 Å². The molecule has 1 heterocycles. The minimum Gasteiger partial charge on any atom is -0.287 e. The Bertz CT molecular complexity index is 2120. The van der Waals surface area contributed by atoms with Crippen molar-refractivity contribution in [2.24, 2.45) is 4.99 Å². The first-order chi connectivity index (χ1) is 17.6. The molecule has 0 aliphatic heterocycles. The molecule has 0 spiro atoms. The highest BCUT2D eigenvalue weighted by Gasteiger charge is 2.20. The van der Waals surface area contributed by atoms with Gasteiger partial charge in [-0.1, -0.05) is 29.3 Å². The van der Waals surface area contributed by atoms with Crippen molar-refractivity contribution in [1.29, 1.82) is 0 Å². The smallest absolute Gasteiger partial charge is 0.214 e. The molecule has 0 amide bonds. The van der Waals surface area contributed by atoms with Crippen LogP contribution in [0.15, 0.2) is 51.0 Å². The van der Waals surface area contributed by atoms with Crippen molar-refractivity contribution in [3.8, 4) is 0 Å². The van der Waals surface area contributed by atoms with E-state index >= 15 is 0 Å². The summed E-state index contributed by atoms with van der Waals surface area (Å²) in [4.78, 5) is 41.8. The Morgan fingerprint density at radius 1 is 0.514 bits per heavy atom. The van der Waals surface area contributed by atoms with Gasteiger partial charge in [-0.25, -0.2) is 15.0 Å². The Balaban J connectivity index is 1.86. The molecule has 5 nitrogen and oxygen atoms in total. The van der Waals surface area contributed by atoms with Crippen LogP contribution >= 0.6 is 0 Å². The van der Waals surface area contributed by atoms with Crippen LogP contribution in [-0.2, 0) is 0 Å². The quantitative estimate of drug-likeness (QED) is 0.265. The lowest BCUT2D eigenvalue weighted by atomic mass is 9.93. The fraction of sp³-hybridized carbons (Fsp3) is 0.219. The third-order valence-electron chi connectivity index (χ3n) is 8.08. The summed E-state index contributed by atoms with van der Waals surface area (Å²) in [6.45, 7) is 14.5. The van der Waals surface area contributed by atoms with E-state index in [2.05, 4.69) is 40.7 Å². The first-order valence-electron chi connectivity index (χ1n) is 12.5. The maximum absolute atomic E-state index is 13.5. The molecule has 5 aromatic carbocycles. The van der Waals surface area contributed by atoms with Gasteiger partial charge in [-0.2, -0.15) is 0 Å². The first kappa shape index (κ1) is 23.2. The summed E-state index contributed by atoms with van der Waals surface area (Å²) >= 11 is 0. The lowest BCUT2D eigenvalue weighted by Gasteiger charge is -2.15. The first-order valence-corrected chi connectivity index (χ1v) is 12.5. The summed E-state index contributed by atoms with van der Waals surface area (Å²) in [6, 6.07) is 11.4. The Morgan fingerprint density at radius 3 is 1.62 bits per heavy atom. The van der Waals surface area contributed by atoms with E-state index in [-0.39, 0.29) is 21.9 Å². The molecule has 6 rings (SSSR count). The van der Waals surface area contributed by atoms with E-state index in [1.165, 1.54) is 16.7 Å². The molecule has 0 N–H and O–H groups in total. The van der Waals surface area contributed by atoms with Crippen LogP contribution in [0.3, 0.4) is 0 Å². The Kier molecular flexibility index (Phi) is 4.93. The highest BCUT2D eigenvalue weighted by molar-refractivity contribution is 6.10. The van der Waals surface area contributed by atoms with Crippen LogP contribution in [0.5, 0.6) is 0 Å². The average molecular weight is 486 g/mol. The fourth-order valence-corrected chi connectivity index (χ4v) is 5.46. The second kappa shape index (κ2) is 7.87. The fourth-order valence-electron chi connectivity index (χ4n) is 5.46. The molecular formula is C32H27N3O2. The van der Waals surface area contributed by atoms with Crippen LogP contribution in [0.1, 0.15) is 38.9 Å². The minimum atomic E-state index is -0.274. The molecule has 0 radical (unpaired) electrons. The van der Waals surface area contributed by atoms with Gasteiger partial charge >= 0.3 is 0 Å². The normalized spacial score (nSPS) is 12.6. The third-order valence-corrected chi connectivity index (χ3v) is 8.08. The molecule has 0 aliphatic rings. The topological polar surface area (TPSA) is 72.3 Å². The summed E-state index contributed by atoms with van der Waals surface area (Å²) in [5.74, 6) is 0. The largest absolute Gasteiger partial charge is 0.287 e. The summed E-state index contributed by atoms with van der Waals surface area (Å²) in [7, 11) is 0. The number of rotatable bonds is 1. The zero-order chi connectivity index (χ0) is 26.3. The SMILES string of the molecule is Cc1ccc2c(=O)c3nc4c(nc3c(=O)c2c1)c(=Nc1c(C)c(C)c(C)c(C)c1C)c1ccc(C)cc14. The molecule has 1 aromatic heterocycles. The molecule has 5 heteroatoms. The molecular weight excluding hydrogens is 458 g/mol. The molecule has 0 saturated heterocycles. The van der Waals surface area contributed by atoms with Gasteiger partial charge in [0.1, 0.15) is 16.6 Å². The Labute approximate surface area is 213 Å². The van der Waals surface area contributed by atoms with Crippen LogP contribution in [0, 0.1) is 48.5 Å². The molecule has 0 saturated carbocycles. The van der Waals surface area contributed by atoms with Gasteiger partial charge in [0.2, 0.25) is 10.9 Å². The Hall–Kier alpha value is -4.25. The molecule has 0 unspecified atom stereocenters. The second-order valence-corrected chi connectivity index (χ2v) is 10.3. The lowest BCUT2D eigenvalue weighted by Crippen LogP contribution is -2.16. The van der Waals surface area contributed by atoms with Gasteiger partial charge in [-0.15, -0.1) is 0 Å². The minimum absolute atomic E-state index is 0.101. The van der Waals surface area contributed by atoms with Crippen LogP contribution in [0.25, 0.3) is 43.6 Å². The number of hydrogen-bond donors (Lipinski definition) is 0. The zero-order valence-corrected chi connectivity index (χ0v) is 22.1. The van der Waals surface area contributed by atoms with Gasteiger partial charge in [-0.3, -0.25) is 9.59 Å². The summed E-state index contributed by atoms with van der Waals surface area (Å²) < 4.78 is 0. The van der Waals surface area contributed by atoms with Crippen LogP contribution < -0.4 is 16.2 Å². The maximum atomic E-state index is 13.5. The molecule has 6 aromatic rings. The summed E-state index contributed by atoms with van der Waals surface area (Å²) in [5.41, 5.74) is 9.67. The maximum Gasteiger partial charge on any atom is 0.214 e. The van der Waals surface area contributed by atoms with Crippen LogP contribution in [0.2, 0.25) is 0 Å². The zero-order valence-electron chi connectivity index (χ0n) is 22.1. The van der Waals surface area contributed by atoms with E-state index in [1.807, 2.05) is 32.0 Å². The van der Waals surface area contributed by atoms with E-state index in [9.17, 15) is 9.59 Å². The number of aromatic nitrogens is 2. The van der Waals surface area contributed by atoms with E-state index in [1.54, 1.807) is 12.1 Å². The van der Waals surface area contributed by atoms with Gasteiger partial charge < -0.3 is 0 Å². The monoisotopic (exact) mass is 485 g/mol. The van der Waals surface area contributed by atoms with Gasteiger partial charge in [0.25, 0.3) is 0 Å². The highest BCUT2D eigenvalue weighted by Crippen LogP contribution is 2.33. The number of benzene rings is 4. The number of fused-ring (bicyclic) bond motifs is 5. The lowest BCUT2D eigenvalue weighted by molar-refractivity contribution is 1.15. The van der Waals surface area contributed by atoms with E-state index < -0.39 is 0 Å². The predicted octanol–water partition coefficient (Wildman–Crippen LogP) is 6.08. The van der Waals surface area contributed by atoms with Crippen LogP contribution in [0.4, 0.5) is 5.69 Å². The molecule has 182 valence electrons. The van der Waals surface area contributed by atoms with E-state index in [0.29, 0.717) is 27.2 Å². The second-order valence-electron chi connectivity index (χ2n) is 10.3. The molecule has 0 bridgehead atoms. The van der Waals surface area contributed by atoms with Crippen molar-refractivity contribution in [3.05, 3.63) is 101 Å².